The molecule has 0 aliphatic heterocycles. The van der Waals surface area contributed by atoms with E-state index in [2.05, 4.69) is 6.92 Å². The summed E-state index contributed by atoms with van der Waals surface area (Å²) in [4.78, 5) is 12.5. The highest BCUT2D eigenvalue weighted by Crippen LogP contribution is 2.28. The van der Waals surface area contributed by atoms with Gasteiger partial charge in [0.25, 0.3) is 0 Å². The van der Waals surface area contributed by atoms with Crippen molar-refractivity contribution in [1.82, 2.24) is 0 Å². The van der Waals surface area contributed by atoms with Crippen molar-refractivity contribution < 1.29 is 19.4 Å². The van der Waals surface area contributed by atoms with Crippen LogP contribution in [0.15, 0.2) is 72.8 Å². The lowest BCUT2D eigenvalue weighted by Crippen LogP contribution is -2.33. The van der Waals surface area contributed by atoms with E-state index in [-0.39, 0.29) is 6.42 Å². The quantitative estimate of drug-likeness (QED) is 0.263. The molecule has 4 nitrogen and oxygen atoms in total. The third-order valence-corrected chi connectivity index (χ3v) is 5.37. The molecule has 0 saturated carbocycles. The van der Waals surface area contributed by atoms with Gasteiger partial charge in [-0.3, -0.25) is 0 Å². The maximum absolute atomic E-state index is 12.5. The summed E-state index contributed by atoms with van der Waals surface area (Å²) in [5.41, 5.74) is 2.43. The van der Waals surface area contributed by atoms with E-state index in [9.17, 15) is 9.90 Å². The summed E-state index contributed by atoms with van der Waals surface area (Å²) >= 11 is 0. The van der Waals surface area contributed by atoms with Crippen molar-refractivity contribution in [1.29, 1.82) is 0 Å². The molecular weight excluding hydrogens is 388 g/mol. The molecule has 1 aliphatic rings. The lowest BCUT2D eigenvalue weighted by atomic mass is 9.96. The average Bonchev–Trinajstić information content (AvgIpc) is 2.80. The van der Waals surface area contributed by atoms with E-state index in [4.69, 9.17) is 9.47 Å². The van der Waals surface area contributed by atoms with Crippen molar-refractivity contribution in [2.45, 2.75) is 57.7 Å². The van der Waals surface area contributed by atoms with Crippen molar-refractivity contribution in [2.24, 2.45) is 0 Å². The minimum Gasteiger partial charge on any atom is -0.494 e. The topological polar surface area (TPSA) is 55.8 Å². The molecule has 1 aliphatic carbocycles. The fraction of sp³-hybridized carbons (Fsp3) is 0.370. The highest BCUT2D eigenvalue weighted by molar-refractivity contribution is 5.90. The van der Waals surface area contributed by atoms with Crippen LogP contribution in [-0.2, 0) is 4.74 Å². The molecule has 2 aromatic rings. The maximum Gasteiger partial charge on any atom is 0.340 e. The van der Waals surface area contributed by atoms with E-state index in [1.165, 1.54) is 38.2 Å². The molecule has 0 aromatic heterocycles. The van der Waals surface area contributed by atoms with Gasteiger partial charge < -0.3 is 14.6 Å². The zero-order valence-electron chi connectivity index (χ0n) is 18.3. The summed E-state index contributed by atoms with van der Waals surface area (Å²) in [7, 11) is 0. The molecule has 164 valence electrons. The van der Waals surface area contributed by atoms with Gasteiger partial charge in [0.2, 0.25) is 5.79 Å². The van der Waals surface area contributed by atoms with Gasteiger partial charge in [0.15, 0.2) is 0 Å². The number of allylic oxidation sites excluding steroid dienone is 2. The van der Waals surface area contributed by atoms with Crippen LogP contribution in [0.3, 0.4) is 0 Å². The number of hydrogen-bond donors (Lipinski definition) is 1. The van der Waals surface area contributed by atoms with Crippen LogP contribution in [0.1, 0.15) is 67.8 Å². The summed E-state index contributed by atoms with van der Waals surface area (Å²) in [6, 6.07) is 16.8. The first-order valence-electron chi connectivity index (χ1n) is 11.2. The first-order chi connectivity index (χ1) is 15.1. The zero-order chi connectivity index (χ0) is 21.9. The maximum atomic E-state index is 12.5. The van der Waals surface area contributed by atoms with E-state index in [0.29, 0.717) is 12.2 Å². The van der Waals surface area contributed by atoms with Gasteiger partial charge >= 0.3 is 5.97 Å². The van der Waals surface area contributed by atoms with Crippen LogP contribution in [0.2, 0.25) is 0 Å². The SMILES string of the molecule is CCCCCCCCOc1ccc(C(=O)OC2(O)C=CC(c3ccccc3)=CC2)cc1. The number of benzene rings is 2. The van der Waals surface area contributed by atoms with Gasteiger partial charge in [0.1, 0.15) is 5.75 Å². The molecule has 31 heavy (non-hydrogen) atoms. The standard InChI is InChI=1S/C27H32O4/c1-2-3-4-5-6-10-21-30-25-15-13-24(14-16-25)26(28)31-27(29)19-17-23(18-20-27)22-11-8-7-9-12-22/h7-9,11-19,29H,2-6,10,20-21H2,1H3. The fourth-order valence-corrected chi connectivity index (χ4v) is 3.51. The van der Waals surface area contributed by atoms with Gasteiger partial charge in [-0.15, -0.1) is 0 Å². The van der Waals surface area contributed by atoms with Crippen LogP contribution in [0.25, 0.3) is 5.57 Å². The van der Waals surface area contributed by atoms with Crippen LogP contribution in [0.4, 0.5) is 0 Å². The van der Waals surface area contributed by atoms with Crippen LogP contribution in [0, 0.1) is 0 Å². The second-order valence-electron chi connectivity index (χ2n) is 7.94. The van der Waals surface area contributed by atoms with Crippen LogP contribution < -0.4 is 4.74 Å². The van der Waals surface area contributed by atoms with Gasteiger partial charge in [-0.2, -0.15) is 0 Å². The van der Waals surface area contributed by atoms with E-state index >= 15 is 0 Å². The van der Waals surface area contributed by atoms with Crippen molar-refractivity contribution in [2.75, 3.05) is 6.61 Å². The van der Waals surface area contributed by atoms with Crippen molar-refractivity contribution in [3.8, 4) is 5.75 Å². The summed E-state index contributed by atoms with van der Waals surface area (Å²) in [6.45, 7) is 2.89. The number of carbonyl (C=O) groups excluding carboxylic acids is 1. The second kappa shape index (κ2) is 11.5. The normalized spacial score (nSPS) is 17.8. The molecule has 2 aromatic carbocycles. The van der Waals surface area contributed by atoms with Crippen molar-refractivity contribution in [3.05, 3.63) is 84.0 Å². The summed E-state index contributed by atoms with van der Waals surface area (Å²) < 4.78 is 11.1. The average molecular weight is 421 g/mol. The zero-order valence-corrected chi connectivity index (χ0v) is 18.3. The number of carbonyl (C=O) groups is 1. The molecule has 0 saturated heterocycles. The lowest BCUT2D eigenvalue weighted by Gasteiger charge is -2.26. The number of rotatable bonds is 11. The molecule has 3 rings (SSSR count). The van der Waals surface area contributed by atoms with E-state index in [1.807, 2.05) is 36.4 Å². The van der Waals surface area contributed by atoms with Gasteiger partial charge in [0, 0.05) is 6.42 Å². The molecule has 0 radical (unpaired) electrons. The molecule has 0 spiro atoms. The Kier molecular flexibility index (Phi) is 8.48. The Morgan fingerprint density at radius 3 is 2.35 bits per heavy atom. The Morgan fingerprint density at radius 1 is 0.968 bits per heavy atom. The van der Waals surface area contributed by atoms with Gasteiger partial charge in [-0.25, -0.2) is 4.79 Å². The molecule has 1 N–H and O–H groups in total. The first-order valence-corrected chi connectivity index (χ1v) is 11.2. The smallest absolute Gasteiger partial charge is 0.340 e. The van der Waals surface area contributed by atoms with Gasteiger partial charge in [-0.05, 0) is 47.9 Å². The predicted molar refractivity (Wildman–Crippen MR) is 124 cm³/mol. The molecule has 0 amide bonds. The van der Waals surface area contributed by atoms with Crippen molar-refractivity contribution >= 4 is 11.5 Å². The first kappa shape index (κ1) is 22.8. The number of unbranched alkanes of at least 4 members (excludes halogenated alkanes) is 5. The van der Waals surface area contributed by atoms with Crippen molar-refractivity contribution in [3.63, 3.8) is 0 Å². The molecule has 1 unspecified atom stereocenters. The minimum absolute atomic E-state index is 0.207. The molecule has 1 atom stereocenters. The summed E-state index contributed by atoms with van der Waals surface area (Å²) in [6.07, 6.45) is 12.7. The lowest BCUT2D eigenvalue weighted by molar-refractivity contribution is -0.125. The third-order valence-electron chi connectivity index (χ3n) is 5.37. The van der Waals surface area contributed by atoms with E-state index < -0.39 is 11.8 Å². The number of esters is 1. The molecule has 0 fully saturated rings. The van der Waals surface area contributed by atoms with Crippen LogP contribution >= 0.6 is 0 Å². The monoisotopic (exact) mass is 420 g/mol. The predicted octanol–water partition coefficient (Wildman–Crippen LogP) is 6.31. The third kappa shape index (κ3) is 7.11. The minimum atomic E-state index is -1.64. The number of ether oxygens (including phenoxy) is 2. The largest absolute Gasteiger partial charge is 0.494 e. The van der Waals surface area contributed by atoms with Gasteiger partial charge in [0.05, 0.1) is 12.2 Å². The summed E-state index contributed by atoms with van der Waals surface area (Å²) in [5, 5.41) is 10.6. The number of hydrogen-bond acceptors (Lipinski definition) is 4. The number of aliphatic hydroxyl groups is 1. The van der Waals surface area contributed by atoms with Crippen LogP contribution in [-0.4, -0.2) is 23.5 Å². The molecular formula is C27H32O4. The Hall–Kier alpha value is -2.85. The Morgan fingerprint density at radius 2 is 1.68 bits per heavy atom. The highest BCUT2D eigenvalue weighted by atomic mass is 16.7. The highest BCUT2D eigenvalue weighted by Gasteiger charge is 2.30. The van der Waals surface area contributed by atoms with E-state index in [0.717, 1.165) is 23.3 Å². The molecule has 0 heterocycles. The molecule has 4 heteroatoms. The Bertz CT molecular complexity index is 883. The summed E-state index contributed by atoms with van der Waals surface area (Å²) in [5.74, 6) is -1.47. The van der Waals surface area contributed by atoms with E-state index in [1.54, 1.807) is 30.3 Å². The second-order valence-corrected chi connectivity index (χ2v) is 7.94. The Balaban J connectivity index is 1.45. The fourth-order valence-electron chi connectivity index (χ4n) is 3.51. The Labute approximate surface area is 185 Å². The molecule has 0 bridgehead atoms. The van der Waals surface area contributed by atoms with Crippen LogP contribution in [0.5, 0.6) is 5.75 Å². The van der Waals surface area contributed by atoms with Gasteiger partial charge in [-0.1, -0.05) is 81.5 Å².